The van der Waals surface area contributed by atoms with Gasteiger partial charge in [0, 0.05) is 40.6 Å². The summed E-state index contributed by atoms with van der Waals surface area (Å²) in [5.74, 6) is -1.74. The summed E-state index contributed by atoms with van der Waals surface area (Å²) in [6.07, 6.45) is 5.94. The van der Waals surface area contributed by atoms with Crippen LogP contribution in [0.3, 0.4) is 0 Å². The molecule has 5 rings (SSSR count). The standard InChI is InChI=1S/C23H24F2N6O/c1-30-6-3-15(4-7-30)31-12-14(11-28-31)16-9-19(22(26)29-21(16)25)18-8-13-2-5-27-23(32)17(13)10-20(18)24/h8-12,15H,2-7H2,1H3,(H2,26,29)(H,27,32). The Balaban J connectivity index is 1.53. The molecule has 2 aromatic heterocycles. The number of benzene rings is 1. The predicted octanol–water partition coefficient (Wildman–Crippen LogP) is 3.03. The number of likely N-dealkylation sites (tertiary alicyclic amines) is 1. The Hall–Kier alpha value is -3.33. The molecule has 0 radical (unpaired) electrons. The van der Waals surface area contributed by atoms with Crippen molar-refractivity contribution in [1.82, 2.24) is 25.0 Å². The van der Waals surface area contributed by atoms with Crippen LogP contribution in [0.4, 0.5) is 14.6 Å². The zero-order valence-electron chi connectivity index (χ0n) is 17.7. The van der Waals surface area contributed by atoms with Crippen molar-refractivity contribution < 1.29 is 13.6 Å². The molecule has 3 aromatic rings. The molecule has 7 nitrogen and oxygen atoms in total. The van der Waals surface area contributed by atoms with Crippen LogP contribution in [-0.4, -0.2) is 52.3 Å². The van der Waals surface area contributed by atoms with Crippen LogP contribution < -0.4 is 11.1 Å². The van der Waals surface area contributed by atoms with Gasteiger partial charge in [0.1, 0.15) is 11.6 Å². The second kappa shape index (κ2) is 7.98. The number of carbonyl (C=O) groups is 1. The number of piperidine rings is 1. The van der Waals surface area contributed by atoms with Crippen LogP contribution in [0, 0.1) is 11.8 Å². The number of pyridine rings is 1. The van der Waals surface area contributed by atoms with Gasteiger partial charge in [-0.3, -0.25) is 9.48 Å². The Bertz CT molecular complexity index is 1200. The second-order valence-electron chi connectivity index (χ2n) is 8.50. The highest BCUT2D eigenvalue weighted by atomic mass is 19.1. The van der Waals surface area contributed by atoms with Crippen molar-refractivity contribution in [2.45, 2.75) is 25.3 Å². The maximum Gasteiger partial charge on any atom is 0.251 e. The topological polar surface area (TPSA) is 89.1 Å². The largest absolute Gasteiger partial charge is 0.383 e. The van der Waals surface area contributed by atoms with Gasteiger partial charge in [0.05, 0.1) is 12.2 Å². The fourth-order valence-corrected chi connectivity index (χ4v) is 4.51. The maximum absolute atomic E-state index is 15.0. The van der Waals surface area contributed by atoms with E-state index in [0.29, 0.717) is 29.7 Å². The smallest absolute Gasteiger partial charge is 0.251 e. The number of rotatable bonds is 3. The molecule has 1 fully saturated rings. The fraction of sp³-hybridized carbons (Fsp3) is 0.348. The lowest BCUT2D eigenvalue weighted by Crippen LogP contribution is -2.32. The number of nitrogens with one attached hydrogen (secondary N) is 1. The van der Waals surface area contributed by atoms with Crippen LogP contribution in [0.2, 0.25) is 0 Å². The molecule has 9 heteroatoms. The van der Waals surface area contributed by atoms with Gasteiger partial charge in [0.25, 0.3) is 5.91 Å². The molecule has 2 aliphatic heterocycles. The van der Waals surface area contributed by atoms with Crippen LogP contribution in [0.25, 0.3) is 22.3 Å². The summed E-state index contributed by atoms with van der Waals surface area (Å²) in [4.78, 5) is 18.1. The Kier molecular flexibility index (Phi) is 5.13. The van der Waals surface area contributed by atoms with Gasteiger partial charge in [0.2, 0.25) is 5.95 Å². The first-order chi connectivity index (χ1) is 15.4. The van der Waals surface area contributed by atoms with Crippen LogP contribution in [0.1, 0.15) is 34.8 Å². The summed E-state index contributed by atoms with van der Waals surface area (Å²) in [7, 11) is 2.09. The third-order valence-corrected chi connectivity index (χ3v) is 6.39. The first-order valence-corrected chi connectivity index (χ1v) is 10.7. The minimum Gasteiger partial charge on any atom is -0.383 e. The van der Waals surface area contributed by atoms with Crippen LogP contribution in [0.5, 0.6) is 0 Å². The van der Waals surface area contributed by atoms with Gasteiger partial charge >= 0.3 is 0 Å². The van der Waals surface area contributed by atoms with Gasteiger partial charge in [-0.05, 0) is 63.2 Å². The average molecular weight is 438 g/mol. The summed E-state index contributed by atoms with van der Waals surface area (Å²) in [6.45, 7) is 2.45. The number of amides is 1. The highest BCUT2D eigenvalue weighted by Crippen LogP contribution is 2.35. The van der Waals surface area contributed by atoms with Gasteiger partial charge in [-0.25, -0.2) is 9.37 Å². The molecule has 0 spiro atoms. The summed E-state index contributed by atoms with van der Waals surface area (Å²) in [5, 5.41) is 7.15. The Morgan fingerprint density at radius 1 is 1.09 bits per heavy atom. The van der Waals surface area contributed by atoms with Crippen molar-refractivity contribution in [3.05, 3.63) is 53.5 Å². The van der Waals surface area contributed by atoms with Crippen molar-refractivity contribution in [2.75, 3.05) is 32.4 Å². The van der Waals surface area contributed by atoms with E-state index in [0.717, 1.165) is 31.5 Å². The number of nitrogen functional groups attached to an aromatic ring is 1. The van der Waals surface area contributed by atoms with E-state index in [2.05, 4.69) is 27.3 Å². The van der Waals surface area contributed by atoms with Gasteiger partial charge < -0.3 is 16.0 Å². The molecule has 32 heavy (non-hydrogen) atoms. The molecule has 0 atom stereocenters. The summed E-state index contributed by atoms with van der Waals surface area (Å²) < 4.78 is 31.6. The number of hydrogen-bond acceptors (Lipinski definition) is 5. The molecule has 3 N–H and O–H groups in total. The zero-order chi connectivity index (χ0) is 22.4. The van der Waals surface area contributed by atoms with Crippen LogP contribution >= 0.6 is 0 Å². The number of halogens is 2. The average Bonchev–Trinajstić information content (AvgIpc) is 3.25. The Morgan fingerprint density at radius 3 is 2.66 bits per heavy atom. The lowest BCUT2D eigenvalue weighted by atomic mass is 9.93. The molecule has 0 aliphatic carbocycles. The molecule has 1 saturated heterocycles. The normalized spacial score (nSPS) is 17.3. The molecule has 1 aromatic carbocycles. The number of carbonyl (C=O) groups excluding carboxylic acids is 1. The van der Waals surface area contributed by atoms with Gasteiger partial charge in [-0.15, -0.1) is 0 Å². The Morgan fingerprint density at radius 2 is 1.88 bits per heavy atom. The van der Waals surface area contributed by atoms with E-state index in [1.54, 1.807) is 12.3 Å². The number of aromatic nitrogens is 3. The number of nitrogens with two attached hydrogens (primary N) is 1. The van der Waals surface area contributed by atoms with Crippen LogP contribution in [-0.2, 0) is 6.42 Å². The Labute approximate surface area is 184 Å². The summed E-state index contributed by atoms with van der Waals surface area (Å²) in [5.41, 5.74) is 8.29. The first-order valence-electron chi connectivity index (χ1n) is 10.7. The van der Waals surface area contributed by atoms with E-state index in [1.807, 2.05) is 10.9 Å². The SMILES string of the molecule is CN1CCC(n2cc(-c3cc(-c4cc5c(cc4F)C(=O)NCC5)c(N)nc3F)cn2)CC1. The van der Waals surface area contributed by atoms with Crippen molar-refractivity contribution in [1.29, 1.82) is 0 Å². The maximum atomic E-state index is 15.0. The molecule has 0 unspecified atom stereocenters. The van der Waals surface area contributed by atoms with Crippen molar-refractivity contribution in [3.63, 3.8) is 0 Å². The molecule has 1 amide bonds. The van der Waals surface area contributed by atoms with E-state index >= 15 is 0 Å². The number of hydrogen-bond donors (Lipinski definition) is 2. The quantitative estimate of drug-likeness (QED) is 0.614. The van der Waals surface area contributed by atoms with Gasteiger partial charge in [-0.1, -0.05) is 0 Å². The van der Waals surface area contributed by atoms with E-state index in [1.165, 1.54) is 12.1 Å². The highest BCUT2D eigenvalue weighted by molar-refractivity contribution is 5.97. The highest BCUT2D eigenvalue weighted by Gasteiger charge is 2.24. The fourth-order valence-electron chi connectivity index (χ4n) is 4.51. The lowest BCUT2D eigenvalue weighted by molar-refractivity contribution is 0.0945. The van der Waals surface area contributed by atoms with Crippen molar-refractivity contribution in [2.24, 2.45) is 0 Å². The minimum atomic E-state index is -0.730. The molecule has 0 saturated carbocycles. The lowest BCUT2D eigenvalue weighted by Gasteiger charge is -2.28. The molecule has 4 heterocycles. The monoisotopic (exact) mass is 438 g/mol. The van der Waals surface area contributed by atoms with Gasteiger partial charge in [-0.2, -0.15) is 9.49 Å². The van der Waals surface area contributed by atoms with Gasteiger partial charge in [0.15, 0.2) is 0 Å². The number of anilines is 1. The third kappa shape index (κ3) is 3.62. The van der Waals surface area contributed by atoms with E-state index in [-0.39, 0.29) is 28.9 Å². The van der Waals surface area contributed by atoms with E-state index in [4.69, 9.17) is 5.73 Å². The summed E-state index contributed by atoms with van der Waals surface area (Å²) in [6, 6.07) is 4.59. The zero-order valence-corrected chi connectivity index (χ0v) is 17.7. The van der Waals surface area contributed by atoms with E-state index in [9.17, 15) is 13.6 Å². The van der Waals surface area contributed by atoms with Crippen LogP contribution in [0.15, 0.2) is 30.6 Å². The molecular formula is C23H24F2N6O. The minimum absolute atomic E-state index is 0.104. The second-order valence-corrected chi connectivity index (χ2v) is 8.50. The molecule has 2 aliphatic rings. The third-order valence-electron chi connectivity index (χ3n) is 6.39. The number of nitrogens with zero attached hydrogens (tertiary/aromatic N) is 4. The first kappa shape index (κ1) is 20.6. The molecule has 0 bridgehead atoms. The summed E-state index contributed by atoms with van der Waals surface area (Å²) >= 11 is 0. The number of fused-ring (bicyclic) bond motifs is 1. The molecule has 166 valence electrons. The predicted molar refractivity (Wildman–Crippen MR) is 117 cm³/mol. The van der Waals surface area contributed by atoms with Crippen molar-refractivity contribution >= 4 is 11.7 Å². The van der Waals surface area contributed by atoms with Crippen molar-refractivity contribution in [3.8, 4) is 22.3 Å². The molecular weight excluding hydrogens is 414 g/mol. The van der Waals surface area contributed by atoms with E-state index < -0.39 is 11.8 Å².